The van der Waals surface area contributed by atoms with Crippen LogP contribution in [0.3, 0.4) is 0 Å². The van der Waals surface area contributed by atoms with Crippen molar-refractivity contribution in [1.29, 1.82) is 5.26 Å². The first-order chi connectivity index (χ1) is 15.9. The quantitative estimate of drug-likeness (QED) is 0.601. The Bertz CT molecular complexity index is 1020. The zero-order chi connectivity index (χ0) is 23.2. The molecule has 1 N–H and O–H groups in total. The van der Waals surface area contributed by atoms with Gasteiger partial charge in [-0.2, -0.15) is 5.26 Å². The van der Waals surface area contributed by atoms with E-state index in [1.165, 1.54) is 24.0 Å². The maximum absolute atomic E-state index is 12.7. The summed E-state index contributed by atoms with van der Waals surface area (Å²) in [6.45, 7) is 4.92. The van der Waals surface area contributed by atoms with Crippen molar-refractivity contribution >= 4 is 5.91 Å². The van der Waals surface area contributed by atoms with E-state index < -0.39 is 0 Å². The minimum absolute atomic E-state index is 0.129. The van der Waals surface area contributed by atoms with E-state index in [0.29, 0.717) is 23.7 Å². The molecule has 1 aromatic rings. The maximum Gasteiger partial charge on any atom is 0.223 e. The number of nitrogens with one attached hydrogen (secondary N) is 1. The van der Waals surface area contributed by atoms with Gasteiger partial charge in [0.1, 0.15) is 0 Å². The highest BCUT2D eigenvalue weighted by atomic mass is 16.1. The van der Waals surface area contributed by atoms with Gasteiger partial charge in [0.25, 0.3) is 0 Å². The van der Waals surface area contributed by atoms with Gasteiger partial charge in [-0.3, -0.25) is 4.79 Å². The Hall–Kier alpha value is -2.34. The number of hydrogen-bond acceptors (Lipinski definition) is 2. The van der Waals surface area contributed by atoms with Crippen LogP contribution in [0.5, 0.6) is 0 Å². The minimum atomic E-state index is 0.129. The lowest BCUT2D eigenvalue weighted by Gasteiger charge is -2.59. The summed E-state index contributed by atoms with van der Waals surface area (Å²) >= 11 is 0. The van der Waals surface area contributed by atoms with Crippen LogP contribution in [0.25, 0.3) is 0 Å². The molecule has 33 heavy (non-hydrogen) atoms. The monoisotopic (exact) mass is 442 g/mol. The van der Waals surface area contributed by atoms with Gasteiger partial charge in [0.05, 0.1) is 6.07 Å². The Morgan fingerprint density at radius 2 is 1.94 bits per heavy atom. The largest absolute Gasteiger partial charge is 0.359 e. The number of benzene rings is 1. The molecule has 1 unspecified atom stereocenters. The number of fused-ring (bicyclic) bond motifs is 5. The second-order valence-corrected chi connectivity index (χ2v) is 11.6. The molecule has 3 nitrogen and oxygen atoms in total. The molecule has 4 aliphatic carbocycles. The number of nitrogens with zero attached hydrogens (tertiary/aromatic N) is 1. The average Bonchev–Trinajstić information content (AvgIpc) is 3.19. The zero-order valence-electron chi connectivity index (χ0n) is 20.4. The fraction of sp³-hybridized carbons (Fsp3) is 0.600. The van der Waals surface area contributed by atoms with Gasteiger partial charge in [-0.25, -0.2) is 0 Å². The molecule has 2 fully saturated rings. The smallest absolute Gasteiger partial charge is 0.223 e. The molecule has 0 aromatic heterocycles. The van der Waals surface area contributed by atoms with Gasteiger partial charge in [-0.15, -0.1) is 0 Å². The van der Waals surface area contributed by atoms with E-state index in [-0.39, 0.29) is 22.7 Å². The van der Waals surface area contributed by atoms with Crippen molar-refractivity contribution in [2.45, 2.75) is 65.2 Å². The van der Waals surface area contributed by atoms with Crippen LogP contribution in [0.4, 0.5) is 0 Å². The van der Waals surface area contributed by atoms with E-state index in [0.717, 1.165) is 44.1 Å². The topological polar surface area (TPSA) is 52.9 Å². The Labute approximate surface area is 199 Å². The Morgan fingerprint density at radius 1 is 1.15 bits per heavy atom. The van der Waals surface area contributed by atoms with Crippen LogP contribution in [0.2, 0.25) is 0 Å². The fourth-order valence-electron chi connectivity index (χ4n) is 8.61. The molecule has 0 radical (unpaired) electrons. The summed E-state index contributed by atoms with van der Waals surface area (Å²) in [6.07, 6.45) is 13.5. The molecule has 0 aliphatic heterocycles. The first-order valence-electron chi connectivity index (χ1n) is 13.0. The van der Waals surface area contributed by atoms with Gasteiger partial charge >= 0.3 is 0 Å². The summed E-state index contributed by atoms with van der Waals surface area (Å²) < 4.78 is 0. The van der Waals surface area contributed by atoms with Crippen LogP contribution >= 0.6 is 0 Å². The predicted octanol–water partition coefficient (Wildman–Crippen LogP) is 6.23. The van der Waals surface area contributed by atoms with Crippen molar-refractivity contribution in [3.05, 3.63) is 59.2 Å². The van der Waals surface area contributed by atoms with Gasteiger partial charge in [0, 0.05) is 18.5 Å². The first-order valence-corrected chi connectivity index (χ1v) is 13.0. The second-order valence-electron chi connectivity index (χ2n) is 11.6. The SMILES string of the molecule is CNC(=O)[C@H]1CC[C@H]2[C@@H]3CC=C4C=C(C#N)CC(CCc5ccccc5)[C@]4(C)[C@H]3CC[C@]12C. The molecule has 0 saturated heterocycles. The van der Waals surface area contributed by atoms with Crippen molar-refractivity contribution in [2.75, 3.05) is 7.05 Å². The van der Waals surface area contributed by atoms with E-state index in [2.05, 4.69) is 67.7 Å². The van der Waals surface area contributed by atoms with Gasteiger partial charge in [0.15, 0.2) is 0 Å². The summed E-state index contributed by atoms with van der Waals surface area (Å²) in [5, 5.41) is 12.7. The molecule has 174 valence electrons. The van der Waals surface area contributed by atoms with Gasteiger partial charge in [0.2, 0.25) is 5.91 Å². The highest BCUT2D eigenvalue weighted by Gasteiger charge is 2.60. The lowest BCUT2D eigenvalue weighted by atomic mass is 9.45. The standard InChI is InChI=1S/C30H38N2O/c1-29-16-15-26-24(25(29)13-14-27(29)28(33)32-3)12-11-23-18-21(19-31)17-22(30(23,26)2)10-9-20-7-5-4-6-8-20/h4-8,11,18,22,24-27H,9-10,12-17H2,1-3H3,(H,32,33)/t22?,24-,25-,26-,27+,29-,30-/m0/s1. The third-order valence-corrected chi connectivity index (χ3v) is 10.4. The molecule has 7 atom stereocenters. The molecule has 2 saturated carbocycles. The average molecular weight is 443 g/mol. The van der Waals surface area contributed by atoms with Crippen molar-refractivity contribution in [3.63, 3.8) is 0 Å². The number of hydrogen-bond donors (Lipinski definition) is 1. The third-order valence-electron chi connectivity index (χ3n) is 10.4. The summed E-state index contributed by atoms with van der Waals surface area (Å²) in [5.41, 5.74) is 4.04. The summed E-state index contributed by atoms with van der Waals surface area (Å²) in [6, 6.07) is 13.3. The van der Waals surface area contributed by atoms with Crippen LogP contribution in [0.15, 0.2) is 53.6 Å². The highest BCUT2D eigenvalue weighted by Crippen LogP contribution is 2.67. The second kappa shape index (κ2) is 8.46. The molecule has 0 bridgehead atoms. The van der Waals surface area contributed by atoms with Crippen LogP contribution < -0.4 is 5.32 Å². The lowest BCUT2D eigenvalue weighted by Crippen LogP contribution is -2.53. The molecule has 0 heterocycles. The summed E-state index contributed by atoms with van der Waals surface area (Å²) in [7, 11) is 1.79. The van der Waals surface area contributed by atoms with Crippen LogP contribution in [-0.4, -0.2) is 13.0 Å². The van der Waals surface area contributed by atoms with Gasteiger partial charge in [-0.1, -0.05) is 50.3 Å². The Morgan fingerprint density at radius 3 is 2.67 bits per heavy atom. The number of rotatable bonds is 4. The molecule has 1 aromatic carbocycles. The fourth-order valence-corrected chi connectivity index (χ4v) is 8.61. The van der Waals surface area contributed by atoms with E-state index >= 15 is 0 Å². The van der Waals surface area contributed by atoms with Crippen molar-refractivity contribution in [3.8, 4) is 6.07 Å². The third kappa shape index (κ3) is 3.49. The number of amides is 1. The molecular weight excluding hydrogens is 404 g/mol. The van der Waals surface area contributed by atoms with Crippen LogP contribution in [-0.2, 0) is 11.2 Å². The number of allylic oxidation sites excluding steroid dienone is 4. The van der Waals surface area contributed by atoms with E-state index in [1.54, 1.807) is 7.05 Å². The Kier molecular flexibility index (Phi) is 5.76. The molecule has 4 aliphatic rings. The van der Waals surface area contributed by atoms with Gasteiger partial charge < -0.3 is 5.32 Å². The lowest BCUT2D eigenvalue weighted by molar-refractivity contribution is -0.131. The number of nitriles is 1. The van der Waals surface area contributed by atoms with E-state index in [1.807, 2.05) is 0 Å². The summed E-state index contributed by atoms with van der Waals surface area (Å²) in [5.74, 6) is 2.84. The summed E-state index contributed by atoms with van der Waals surface area (Å²) in [4.78, 5) is 12.7. The first kappa shape index (κ1) is 22.5. The molecule has 1 amide bonds. The number of carbonyl (C=O) groups is 1. The van der Waals surface area contributed by atoms with Crippen LogP contribution in [0.1, 0.15) is 64.4 Å². The molecule has 0 spiro atoms. The Balaban J connectivity index is 1.46. The zero-order valence-corrected chi connectivity index (χ0v) is 20.4. The van der Waals surface area contributed by atoms with Crippen molar-refractivity contribution < 1.29 is 4.79 Å². The highest BCUT2D eigenvalue weighted by molar-refractivity contribution is 5.79. The molecule has 5 rings (SSSR count). The predicted molar refractivity (Wildman–Crippen MR) is 132 cm³/mol. The number of carbonyl (C=O) groups excluding carboxylic acids is 1. The van der Waals surface area contributed by atoms with Gasteiger partial charge in [-0.05, 0) is 103 Å². The molecular formula is C30H38N2O. The van der Waals surface area contributed by atoms with Crippen LogP contribution in [0, 0.1) is 51.8 Å². The normalized spacial score (nSPS) is 39.3. The van der Waals surface area contributed by atoms with E-state index in [9.17, 15) is 10.1 Å². The minimum Gasteiger partial charge on any atom is -0.359 e. The molecule has 3 heteroatoms. The van der Waals surface area contributed by atoms with Crippen molar-refractivity contribution in [2.24, 2.45) is 40.4 Å². The number of aryl methyl sites for hydroxylation is 1. The van der Waals surface area contributed by atoms with E-state index in [4.69, 9.17) is 0 Å². The maximum atomic E-state index is 12.7. The van der Waals surface area contributed by atoms with Crippen molar-refractivity contribution in [1.82, 2.24) is 5.32 Å².